The lowest BCUT2D eigenvalue weighted by molar-refractivity contribution is -0.385. The number of carbonyl (C=O) groups is 1. The minimum atomic E-state index is -0.369. The minimum absolute atomic E-state index is 0.113. The van der Waals surface area contributed by atoms with Crippen molar-refractivity contribution >= 4 is 23.1 Å². The van der Waals surface area contributed by atoms with Gasteiger partial charge >= 0.3 is 0 Å². The first kappa shape index (κ1) is 16.9. The zero-order chi connectivity index (χ0) is 18.0. The highest BCUT2D eigenvalue weighted by Crippen LogP contribution is 2.28. The molecule has 1 fully saturated rings. The van der Waals surface area contributed by atoms with Gasteiger partial charge in [0.1, 0.15) is 5.82 Å². The van der Waals surface area contributed by atoms with E-state index in [4.69, 9.17) is 0 Å². The minimum Gasteiger partial charge on any atom is -0.364 e. The van der Waals surface area contributed by atoms with Gasteiger partial charge in [-0.3, -0.25) is 14.9 Å². The molecule has 0 bridgehead atoms. The van der Waals surface area contributed by atoms with Crippen molar-refractivity contribution in [3.05, 3.63) is 57.8 Å². The number of carbonyl (C=O) groups excluding carboxylic acids is 1. The van der Waals surface area contributed by atoms with Gasteiger partial charge in [-0.1, -0.05) is 12.1 Å². The fraction of sp³-hybridized carbons (Fsp3) is 0.333. The third kappa shape index (κ3) is 3.45. The topological polar surface area (TPSA) is 88.4 Å². The summed E-state index contributed by atoms with van der Waals surface area (Å²) in [5.41, 5.74) is 2.41. The van der Waals surface area contributed by atoms with Crippen molar-refractivity contribution < 1.29 is 9.72 Å². The van der Waals surface area contributed by atoms with Gasteiger partial charge in [0.15, 0.2) is 0 Å². The summed E-state index contributed by atoms with van der Waals surface area (Å²) >= 11 is 0. The largest absolute Gasteiger partial charge is 0.364 e. The van der Waals surface area contributed by atoms with Gasteiger partial charge in [0.05, 0.1) is 22.8 Å². The lowest BCUT2D eigenvalue weighted by Crippen LogP contribution is -2.23. The molecule has 1 amide bonds. The van der Waals surface area contributed by atoms with Gasteiger partial charge in [-0.25, -0.2) is 4.98 Å². The van der Waals surface area contributed by atoms with Gasteiger partial charge in [0.2, 0.25) is 5.91 Å². The number of nitrogens with zero attached hydrogens (tertiary/aromatic N) is 3. The summed E-state index contributed by atoms with van der Waals surface area (Å²) in [4.78, 5) is 28.6. The average Bonchev–Trinajstić information content (AvgIpc) is 3.01. The number of nitro groups is 1. The van der Waals surface area contributed by atoms with Crippen LogP contribution in [0.2, 0.25) is 0 Å². The molecule has 2 heterocycles. The number of amides is 1. The molecule has 1 aromatic heterocycles. The first-order valence-corrected chi connectivity index (χ1v) is 8.24. The maximum atomic E-state index is 11.8. The molecule has 1 saturated heterocycles. The van der Waals surface area contributed by atoms with Crippen LogP contribution in [0.15, 0.2) is 36.5 Å². The van der Waals surface area contributed by atoms with Gasteiger partial charge in [-0.05, 0) is 38.0 Å². The van der Waals surface area contributed by atoms with E-state index in [2.05, 4.69) is 10.3 Å². The molecule has 1 aliphatic heterocycles. The van der Waals surface area contributed by atoms with Crippen molar-refractivity contribution in [2.45, 2.75) is 32.7 Å². The molecule has 2 aromatic rings. The summed E-state index contributed by atoms with van der Waals surface area (Å²) in [5.74, 6) is 0.789. The van der Waals surface area contributed by atoms with Crippen LogP contribution < -0.4 is 10.2 Å². The number of hydrogen-bond acceptors (Lipinski definition) is 5. The fourth-order valence-electron chi connectivity index (χ4n) is 3.16. The highest BCUT2D eigenvalue weighted by atomic mass is 16.6. The summed E-state index contributed by atoms with van der Waals surface area (Å²) in [6, 6.07) is 8.62. The molecular weight excluding hydrogens is 320 g/mol. The maximum Gasteiger partial charge on any atom is 0.272 e. The van der Waals surface area contributed by atoms with Crippen molar-refractivity contribution in [1.29, 1.82) is 0 Å². The van der Waals surface area contributed by atoms with E-state index < -0.39 is 0 Å². The average molecular weight is 340 g/mol. The molecule has 0 unspecified atom stereocenters. The van der Waals surface area contributed by atoms with Crippen molar-refractivity contribution in [3.63, 3.8) is 0 Å². The Labute approximate surface area is 145 Å². The monoisotopic (exact) mass is 340 g/mol. The quantitative estimate of drug-likeness (QED) is 0.663. The number of anilines is 2. The molecule has 7 heteroatoms. The standard InChI is InChI=1S/C18H20N4O3/c1-12-15(5-3-6-16(12)22(24)25)13(2)20-17-9-8-14(11-19-17)21-10-4-7-18(21)23/h3,5-6,8-9,11,13H,4,7,10H2,1-2H3,(H,19,20)/t13-/m0/s1. The predicted molar refractivity (Wildman–Crippen MR) is 95.7 cm³/mol. The highest BCUT2D eigenvalue weighted by Gasteiger charge is 2.22. The smallest absolute Gasteiger partial charge is 0.272 e. The van der Waals surface area contributed by atoms with Gasteiger partial charge in [0.25, 0.3) is 5.69 Å². The molecule has 0 radical (unpaired) electrons. The van der Waals surface area contributed by atoms with E-state index in [0.717, 1.165) is 24.2 Å². The molecule has 0 saturated carbocycles. The molecule has 7 nitrogen and oxygen atoms in total. The summed E-state index contributed by atoms with van der Waals surface area (Å²) in [7, 11) is 0. The molecule has 1 atom stereocenters. The molecule has 25 heavy (non-hydrogen) atoms. The van der Waals surface area contributed by atoms with Crippen molar-refractivity contribution in [2.75, 3.05) is 16.8 Å². The van der Waals surface area contributed by atoms with Crippen LogP contribution >= 0.6 is 0 Å². The Bertz CT molecular complexity index is 804. The van der Waals surface area contributed by atoms with Crippen LogP contribution in [-0.4, -0.2) is 22.4 Å². The van der Waals surface area contributed by atoms with E-state index in [1.807, 2.05) is 25.1 Å². The van der Waals surface area contributed by atoms with Crippen LogP contribution in [0.5, 0.6) is 0 Å². The number of nitro benzene ring substituents is 1. The summed E-state index contributed by atoms with van der Waals surface area (Å²) in [6.07, 6.45) is 3.14. The first-order chi connectivity index (χ1) is 12.0. The number of pyridine rings is 1. The fourth-order valence-corrected chi connectivity index (χ4v) is 3.16. The summed E-state index contributed by atoms with van der Waals surface area (Å²) < 4.78 is 0. The molecule has 1 N–H and O–H groups in total. The van der Waals surface area contributed by atoms with E-state index in [9.17, 15) is 14.9 Å². The lowest BCUT2D eigenvalue weighted by atomic mass is 10.0. The number of nitrogens with one attached hydrogen (secondary N) is 1. The van der Waals surface area contributed by atoms with Crippen LogP contribution in [-0.2, 0) is 4.79 Å². The molecule has 1 aliphatic rings. The van der Waals surface area contributed by atoms with E-state index in [-0.39, 0.29) is 22.6 Å². The van der Waals surface area contributed by atoms with Crippen LogP contribution in [0, 0.1) is 17.0 Å². The van der Waals surface area contributed by atoms with Gasteiger partial charge in [-0.15, -0.1) is 0 Å². The third-order valence-electron chi connectivity index (χ3n) is 4.51. The molecule has 3 rings (SSSR count). The summed E-state index contributed by atoms with van der Waals surface area (Å²) in [5, 5.41) is 14.3. The molecule has 130 valence electrons. The van der Waals surface area contributed by atoms with Crippen LogP contribution in [0.3, 0.4) is 0 Å². The SMILES string of the molecule is Cc1c([C@H](C)Nc2ccc(N3CCCC3=O)cn2)cccc1[N+](=O)[O-]. The Balaban J connectivity index is 1.75. The Kier molecular flexibility index (Phi) is 4.65. The number of aromatic nitrogens is 1. The number of rotatable bonds is 5. The van der Waals surface area contributed by atoms with E-state index in [0.29, 0.717) is 17.8 Å². The van der Waals surface area contributed by atoms with Crippen molar-refractivity contribution in [1.82, 2.24) is 4.98 Å². The summed E-state index contributed by atoms with van der Waals surface area (Å²) in [6.45, 7) is 4.42. The van der Waals surface area contributed by atoms with E-state index in [1.165, 1.54) is 6.07 Å². The van der Waals surface area contributed by atoms with E-state index in [1.54, 1.807) is 24.1 Å². The van der Waals surface area contributed by atoms with Gasteiger partial charge in [0, 0.05) is 24.6 Å². The second-order valence-corrected chi connectivity index (χ2v) is 6.17. The van der Waals surface area contributed by atoms with Crippen LogP contribution in [0.25, 0.3) is 0 Å². The van der Waals surface area contributed by atoms with E-state index >= 15 is 0 Å². The first-order valence-electron chi connectivity index (χ1n) is 8.24. The van der Waals surface area contributed by atoms with Crippen LogP contribution in [0.4, 0.5) is 17.2 Å². The Morgan fingerprint density at radius 3 is 2.72 bits per heavy atom. The van der Waals surface area contributed by atoms with Crippen molar-refractivity contribution in [2.24, 2.45) is 0 Å². The second-order valence-electron chi connectivity index (χ2n) is 6.17. The lowest BCUT2D eigenvalue weighted by Gasteiger charge is -2.19. The van der Waals surface area contributed by atoms with Crippen LogP contribution in [0.1, 0.15) is 36.9 Å². The maximum absolute atomic E-state index is 11.8. The molecule has 0 spiro atoms. The highest BCUT2D eigenvalue weighted by molar-refractivity contribution is 5.95. The molecule has 1 aromatic carbocycles. The number of hydrogen-bond donors (Lipinski definition) is 1. The van der Waals surface area contributed by atoms with Crippen molar-refractivity contribution in [3.8, 4) is 0 Å². The van der Waals surface area contributed by atoms with Gasteiger partial charge < -0.3 is 10.2 Å². The normalized spacial score (nSPS) is 15.3. The zero-order valence-corrected chi connectivity index (χ0v) is 14.2. The number of benzene rings is 1. The Hall–Kier alpha value is -2.96. The van der Waals surface area contributed by atoms with Gasteiger partial charge in [-0.2, -0.15) is 0 Å². The zero-order valence-electron chi connectivity index (χ0n) is 14.2. The molecule has 0 aliphatic carbocycles. The third-order valence-corrected chi connectivity index (χ3v) is 4.51. The Morgan fingerprint density at radius 1 is 1.32 bits per heavy atom. The predicted octanol–water partition coefficient (Wildman–Crippen LogP) is 3.60. The second kappa shape index (κ2) is 6.88. The molecular formula is C18H20N4O3. The Morgan fingerprint density at radius 2 is 2.12 bits per heavy atom.